The molecule has 1 amide bonds. The van der Waals surface area contributed by atoms with E-state index >= 15 is 0 Å². The van der Waals surface area contributed by atoms with Crippen LogP contribution in [0.3, 0.4) is 0 Å². The van der Waals surface area contributed by atoms with Crippen LogP contribution >= 0.6 is 0 Å². The van der Waals surface area contributed by atoms with Gasteiger partial charge in [-0.1, -0.05) is 0 Å². The van der Waals surface area contributed by atoms with Crippen molar-refractivity contribution in [3.05, 3.63) is 46.0 Å². The fourth-order valence-electron chi connectivity index (χ4n) is 1.30. The normalized spacial score (nSPS) is 11.4. The van der Waals surface area contributed by atoms with Crippen LogP contribution in [0.15, 0.2) is 30.3 Å². The van der Waals surface area contributed by atoms with Crippen molar-refractivity contribution < 1.29 is 18.1 Å². The maximum atomic E-state index is 11.4. The molecule has 1 rings (SSSR count). The van der Waals surface area contributed by atoms with Crippen molar-refractivity contribution in [1.29, 1.82) is 0 Å². The van der Waals surface area contributed by atoms with Crippen LogP contribution in [0.1, 0.15) is 5.56 Å². The second kappa shape index (κ2) is 6.80. The van der Waals surface area contributed by atoms with Crippen LogP contribution in [-0.2, 0) is 14.6 Å². The Morgan fingerprint density at radius 2 is 1.95 bits per heavy atom. The molecule has 108 valence electrons. The lowest BCUT2D eigenvalue weighted by Gasteiger charge is -2.00. The Morgan fingerprint density at radius 1 is 1.35 bits per heavy atom. The summed E-state index contributed by atoms with van der Waals surface area (Å²) < 4.78 is 21.7. The summed E-state index contributed by atoms with van der Waals surface area (Å²) in [5.41, 5.74) is 0.605. The van der Waals surface area contributed by atoms with E-state index < -0.39 is 20.7 Å². The van der Waals surface area contributed by atoms with Crippen molar-refractivity contribution >= 4 is 27.5 Å². The number of sulfone groups is 1. The highest BCUT2D eigenvalue weighted by Crippen LogP contribution is 2.12. The van der Waals surface area contributed by atoms with Gasteiger partial charge in [-0.2, -0.15) is 0 Å². The number of benzene rings is 1. The summed E-state index contributed by atoms with van der Waals surface area (Å²) in [5, 5.41) is 12.9. The minimum atomic E-state index is -3.10. The van der Waals surface area contributed by atoms with E-state index in [1.165, 1.54) is 36.4 Å². The molecule has 0 unspecified atom stereocenters. The topological polar surface area (TPSA) is 106 Å². The summed E-state index contributed by atoms with van der Waals surface area (Å²) in [7, 11) is -3.10. The molecule has 0 heterocycles. The van der Waals surface area contributed by atoms with E-state index in [-0.39, 0.29) is 18.0 Å². The molecule has 0 atom stereocenters. The van der Waals surface area contributed by atoms with Gasteiger partial charge in [-0.05, 0) is 23.8 Å². The summed E-state index contributed by atoms with van der Waals surface area (Å²) in [5.74, 6) is -0.545. The average molecular weight is 298 g/mol. The van der Waals surface area contributed by atoms with Crippen LogP contribution in [0.4, 0.5) is 5.69 Å². The third kappa shape index (κ3) is 6.10. The van der Waals surface area contributed by atoms with E-state index in [0.29, 0.717) is 5.56 Å². The standard InChI is InChI=1S/C12H14N2O5S/c1-20(18,19)9-8-13-12(15)7-4-10-2-5-11(6-3-10)14(16)17/h2-7H,8-9H2,1H3,(H,13,15). The summed E-state index contributed by atoms with van der Waals surface area (Å²) in [6.07, 6.45) is 3.81. The van der Waals surface area contributed by atoms with E-state index in [1.54, 1.807) is 0 Å². The quantitative estimate of drug-likeness (QED) is 0.474. The van der Waals surface area contributed by atoms with Crippen molar-refractivity contribution in [2.75, 3.05) is 18.6 Å². The first-order valence-electron chi connectivity index (χ1n) is 5.66. The van der Waals surface area contributed by atoms with Gasteiger partial charge in [0.25, 0.3) is 5.69 Å². The summed E-state index contributed by atoms with van der Waals surface area (Å²) >= 11 is 0. The Hall–Kier alpha value is -2.22. The first kappa shape index (κ1) is 15.8. The predicted octanol–water partition coefficient (Wildman–Crippen LogP) is 0.769. The third-order valence-electron chi connectivity index (χ3n) is 2.30. The molecule has 0 radical (unpaired) electrons. The van der Waals surface area contributed by atoms with Gasteiger partial charge in [-0.25, -0.2) is 8.42 Å². The van der Waals surface area contributed by atoms with E-state index in [0.717, 1.165) is 6.26 Å². The first-order valence-corrected chi connectivity index (χ1v) is 7.72. The van der Waals surface area contributed by atoms with E-state index in [9.17, 15) is 23.3 Å². The molecule has 1 N–H and O–H groups in total. The lowest BCUT2D eigenvalue weighted by molar-refractivity contribution is -0.384. The molecule has 0 aromatic heterocycles. The number of nitro benzene ring substituents is 1. The number of rotatable bonds is 6. The smallest absolute Gasteiger partial charge is 0.269 e. The van der Waals surface area contributed by atoms with Crippen LogP contribution in [-0.4, -0.2) is 37.8 Å². The Morgan fingerprint density at radius 3 is 2.45 bits per heavy atom. The van der Waals surface area contributed by atoms with Crippen LogP contribution in [0.2, 0.25) is 0 Å². The molecule has 0 aliphatic heterocycles. The molecule has 0 saturated carbocycles. The molecule has 7 nitrogen and oxygen atoms in total. The molecule has 0 spiro atoms. The maximum Gasteiger partial charge on any atom is 0.269 e. The molecule has 0 fully saturated rings. The summed E-state index contributed by atoms with van der Waals surface area (Å²) in [6, 6.07) is 5.69. The third-order valence-corrected chi connectivity index (χ3v) is 3.25. The zero-order valence-corrected chi connectivity index (χ0v) is 11.6. The highest BCUT2D eigenvalue weighted by atomic mass is 32.2. The lowest BCUT2D eigenvalue weighted by atomic mass is 10.2. The monoisotopic (exact) mass is 298 g/mol. The Kier molecular flexibility index (Phi) is 5.39. The van der Waals surface area contributed by atoms with Gasteiger partial charge >= 0.3 is 0 Å². The largest absolute Gasteiger partial charge is 0.352 e. The van der Waals surface area contributed by atoms with Crippen molar-refractivity contribution in [3.8, 4) is 0 Å². The number of nitro groups is 1. The van der Waals surface area contributed by atoms with Crippen LogP contribution in [0.5, 0.6) is 0 Å². The molecule has 0 aliphatic carbocycles. The summed E-state index contributed by atoms with van der Waals surface area (Å²) in [6.45, 7) is 0.0439. The SMILES string of the molecule is CS(=O)(=O)CCNC(=O)C=Cc1ccc([N+](=O)[O-])cc1. The lowest BCUT2D eigenvalue weighted by Crippen LogP contribution is -2.27. The number of carbonyl (C=O) groups is 1. The van der Waals surface area contributed by atoms with E-state index in [1.807, 2.05) is 0 Å². The second-order valence-electron chi connectivity index (χ2n) is 4.10. The molecule has 8 heteroatoms. The fourth-order valence-corrected chi connectivity index (χ4v) is 1.77. The molecule has 0 saturated heterocycles. The van der Waals surface area contributed by atoms with Gasteiger partial charge < -0.3 is 5.32 Å². The van der Waals surface area contributed by atoms with Crippen molar-refractivity contribution in [2.45, 2.75) is 0 Å². The number of hydrogen-bond donors (Lipinski definition) is 1. The zero-order chi connectivity index (χ0) is 15.2. The van der Waals surface area contributed by atoms with Crippen molar-refractivity contribution in [3.63, 3.8) is 0 Å². The minimum Gasteiger partial charge on any atom is -0.352 e. The number of nitrogens with zero attached hydrogens (tertiary/aromatic N) is 1. The van der Waals surface area contributed by atoms with Crippen LogP contribution in [0.25, 0.3) is 6.08 Å². The fraction of sp³-hybridized carbons (Fsp3) is 0.250. The van der Waals surface area contributed by atoms with Gasteiger partial charge in [0.1, 0.15) is 9.84 Å². The van der Waals surface area contributed by atoms with Gasteiger partial charge in [-0.15, -0.1) is 0 Å². The molecule has 0 aliphatic rings. The number of non-ortho nitro benzene ring substituents is 1. The predicted molar refractivity (Wildman–Crippen MR) is 74.9 cm³/mol. The van der Waals surface area contributed by atoms with Crippen LogP contribution < -0.4 is 5.32 Å². The second-order valence-corrected chi connectivity index (χ2v) is 6.36. The van der Waals surface area contributed by atoms with Gasteiger partial charge in [0, 0.05) is 31.0 Å². The van der Waals surface area contributed by atoms with Crippen molar-refractivity contribution in [2.24, 2.45) is 0 Å². The molecule has 1 aromatic rings. The number of hydrogen-bond acceptors (Lipinski definition) is 5. The number of carbonyl (C=O) groups excluding carboxylic acids is 1. The molecular formula is C12H14N2O5S. The molecule has 0 bridgehead atoms. The van der Waals surface area contributed by atoms with Crippen molar-refractivity contribution in [1.82, 2.24) is 5.32 Å². The Bertz CT molecular complexity index is 620. The van der Waals surface area contributed by atoms with Gasteiger partial charge in [0.05, 0.1) is 10.7 Å². The number of amides is 1. The molecular weight excluding hydrogens is 284 g/mol. The minimum absolute atomic E-state index is 0.0280. The maximum absolute atomic E-state index is 11.4. The van der Waals surface area contributed by atoms with Gasteiger partial charge in [0.15, 0.2) is 0 Å². The van der Waals surface area contributed by atoms with E-state index in [4.69, 9.17) is 0 Å². The Labute approximate surface area is 116 Å². The van der Waals surface area contributed by atoms with E-state index in [2.05, 4.69) is 5.32 Å². The number of nitrogens with one attached hydrogen (secondary N) is 1. The van der Waals surface area contributed by atoms with Gasteiger partial charge in [-0.3, -0.25) is 14.9 Å². The molecule has 20 heavy (non-hydrogen) atoms. The zero-order valence-electron chi connectivity index (χ0n) is 10.8. The summed E-state index contributed by atoms with van der Waals surface area (Å²) in [4.78, 5) is 21.3. The Balaban J connectivity index is 2.51. The first-order chi connectivity index (χ1) is 9.28. The highest BCUT2D eigenvalue weighted by molar-refractivity contribution is 7.90. The molecule has 1 aromatic carbocycles. The van der Waals surface area contributed by atoms with Gasteiger partial charge in [0.2, 0.25) is 5.91 Å². The average Bonchev–Trinajstić information content (AvgIpc) is 2.35. The van der Waals surface area contributed by atoms with Crippen LogP contribution in [0, 0.1) is 10.1 Å². The highest BCUT2D eigenvalue weighted by Gasteiger charge is 2.04.